The van der Waals surface area contributed by atoms with Gasteiger partial charge in [0.05, 0.1) is 91.5 Å². The molecule has 17 heteroatoms. The third-order valence-corrected chi connectivity index (χ3v) is 8.84. The SMILES string of the molecule is N/C(CCNC(=O)CCOCCOCCOCCOCCOCCOCCNC(=O)CCCC(=O)N1Cc2ccccc2C#Cc2ccccc21)=N\N=C(/N)c1ccncc1. The van der Waals surface area contributed by atoms with Gasteiger partial charge in [0.15, 0.2) is 5.84 Å². The van der Waals surface area contributed by atoms with Crippen LogP contribution in [0.4, 0.5) is 5.69 Å². The molecule has 1 aliphatic rings. The van der Waals surface area contributed by atoms with Crippen molar-refractivity contribution in [1.82, 2.24) is 15.6 Å². The fourth-order valence-corrected chi connectivity index (χ4v) is 5.63. The van der Waals surface area contributed by atoms with Crippen molar-refractivity contribution in [2.24, 2.45) is 21.7 Å². The summed E-state index contributed by atoms with van der Waals surface area (Å²) < 4.78 is 33.0. The van der Waals surface area contributed by atoms with E-state index in [-0.39, 0.29) is 55.3 Å². The van der Waals surface area contributed by atoms with Crippen LogP contribution in [0.25, 0.3) is 0 Å². The molecule has 0 atom stereocenters. The number of nitrogens with two attached hydrogens (primary N) is 2. The van der Waals surface area contributed by atoms with Crippen LogP contribution < -0.4 is 27.0 Å². The van der Waals surface area contributed by atoms with Crippen LogP contribution in [0.2, 0.25) is 0 Å². The van der Waals surface area contributed by atoms with Gasteiger partial charge < -0.3 is 55.4 Å². The average Bonchev–Trinajstić information content (AvgIpc) is 3.27. The molecule has 3 aromatic rings. The summed E-state index contributed by atoms with van der Waals surface area (Å²) in [6.07, 6.45) is 4.69. The predicted octanol–water partition coefficient (Wildman–Crippen LogP) is 2.29. The quantitative estimate of drug-likeness (QED) is 0.0250. The van der Waals surface area contributed by atoms with E-state index in [1.807, 2.05) is 48.5 Å². The van der Waals surface area contributed by atoms with Gasteiger partial charge in [-0.15, -0.1) is 10.2 Å². The number of nitrogens with one attached hydrogen (secondary N) is 2. The van der Waals surface area contributed by atoms with E-state index in [1.165, 1.54) is 0 Å². The van der Waals surface area contributed by atoms with Crippen molar-refractivity contribution >= 4 is 35.1 Å². The van der Waals surface area contributed by atoms with E-state index in [9.17, 15) is 14.4 Å². The number of ether oxygens (including phenoxy) is 6. The number of carbonyl (C=O) groups excluding carboxylic acids is 3. The van der Waals surface area contributed by atoms with E-state index in [0.717, 1.165) is 22.4 Å². The van der Waals surface area contributed by atoms with Crippen molar-refractivity contribution in [1.29, 1.82) is 0 Å². The molecule has 1 aliphatic heterocycles. The smallest absolute Gasteiger partial charge is 0.227 e. The minimum Gasteiger partial charge on any atom is -0.386 e. The lowest BCUT2D eigenvalue weighted by Gasteiger charge is -2.26. The van der Waals surface area contributed by atoms with Gasteiger partial charge in [-0.1, -0.05) is 42.2 Å². The second-order valence-electron chi connectivity index (χ2n) is 13.4. The van der Waals surface area contributed by atoms with Crippen LogP contribution in [0.1, 0.15) is 54.4 Å². The molecular weight excluding hydrogens is 785 g/mol. The average molecular weight is 843 g/mol. The van der Waals surface area contributed by atoms with Gasteiger partial charge in [-0.05, 0) is 42.3 Å². The Balaban J connectivity index is 0.863. The Morgan fingerprint density at radius 2 is 1.15 bits per heavy atom. The van der Waals surface area contributed by atoms with Gasteiger partial charge in [0.2, 0.25) is 17.7 Å². The van der Waals surface area contributed by atoms with Crippen molar-refractivity contribution < 1.29 is 42.8 Å². The molecule has 6 N–H and O–H groups in total. The Morgan fingerprint density at radius 3 is 1.82 bits per heavy atom. The highest BCUT2D eigenvalue weighted by Gasteiger charge is 2.21. The van der Waals surface area contributed by atoms with E-state index in [0.29, 0.717) is 111 Å². The van der Waals surface area contributed by atoms with Crippen LogP contribution in [0.3, 0.4) is 0 Å². The molecule has 0 spiro atoms. The normalized spacial score (nSPS) is 12.4. The molecule has 2 aromatic carbocycles. The number of aromatic nitrogens is 1. The van der Waals surface area contributed by atoms with Gasteiger partial charge in [0.25, 0.3) is 0 Å². The fourth-order valence-electron chi connectivity index (χ4n) is 5.63. The third-order valence-electron chi connectivity index (χ3n) is 8.84. The molecule has 0 fully saturated rings. The standard InChI is InChI=1S/C44H58N8O9/c45-40(50-51-44(46)37-14-18-47-19-15-37)16-20-48-42(54)17-22-56-24-26-58-28-30-60-32-33-61-31-29-59-27-25-57-23-21-49-41(53)10-5-11-43(55)52-34-38-8-2-1-6-35(38)12-13-36-7-3-4-9-39(36)52/h1-4,6-9,14-15,18-19H,5,10-11,16-17,20-34H2,(H2,45,50)(H2,46,51)(H,48,54)(H,49,53). The second-order valence-corrected chi connectivity index (χ2v) is 13.4. The van der Waals surface area contributed by atoms with Crippen LogP contribution in [0.5, 0.6) is 0 Å². The lowest BCUT2D eigenvalue weighted by atomic mass is 10.0. The second kappa shape index (κ2) is 29.5. The number of pyridine rings is 1. The molecular formula is C44H58N8O9. The van der Waals surface area contributed by atoms with Crippen LogP contribution in [0, 0.1) is 11.8 Å². The Kier molecular flexibility index (Phi) is 23.2. The predicted molar refractivity (Wildman–Crippen MR) is 231 cm³/mol. The van der Waals surface area contributed by atoms with Crippen molar-refractivity contribution in [3.63, 3.8) is 0 Å². The zero-order valence-corrected chi connectivity index (χ0v) is 34.7. The number of amides is 3. The molecule has 0 saturated carbocycles. The van der Waals surface area contributed by atoms with Gasteiger partial charge >= 0.3 is 0 Å². The molecule has 0 radical (unpaired) electrons. The number of amidine groups is 2. The largest absolute Gasteiger partial charge is 0.386 e. The molecule has 1 aromatic heterocycles. The van der Waals surface area contributed by atoms with Crippen molar-refractivity contribution in [2.75, 3.05) is 97.3 Å². The Bertz CT molecular complexity index is 1900. The van der Waals surface area contributed by atoms with Gasteiger partial charge in [-0.25, -0.2) is 0 Å². The number of para-hydroxylation sites is 1. The molecule has 328 valence electrons. The molecule has 17 nitrogen and oxygen atoms in total. The van der Waals surface area contributed by atoms with E-state index >= 15 is 0 Å². The Hall–Kier alpha value is -5.74. The highest BCUT2D eigenvalue weighted by Crippen LogP contribution is 2.26. The minimum atomic E-state index is -0.158. The van der Waals surface area contributed by atoms with Gasteiger partial charge in [0, 0.05) is 67.9 Å². The monoisotopic (exact) mass is 842 g/mol. The first-order chi connectivity index (χ1) is 29.9. The summed E-state index contributed by atoms with van der Waals surface area (Å²) in [4.78, 5) is 43.4. The van der Waals surface area contributed by atoms with Gasteiger partial charge in [0.1, 0.15) is 5.84 Å². The van der Waals surface area contributed by atoms with Crippen LogP contribution >= 0.6 is 0 Å². The first-order valence-corrected chi connectivity index (χ1v) is 20.5. The van der Waals surface area contributed by atoms with Gasteiger partial charge in [-0.2, -0.15) is 0 Å². The molecule has 2 heterocycles. The molecule has 4 rings (SSSR count). The molecule has 0 saturated heterocycles. The Labute approximate surface area is 357 Å². The topological polar surface area (TPSA) is 224 Å². The number of hydrogen-bond acceptors (Lipinski definition) is 12. The number of anilines is 1. The summed E-state index contributed by atoms with van der Waals surface area (Å²) >= 11 is 0. The third kappa shape index (κ3) is 19.9. The maximum absolute atomic E-state index is 13.3. The van der Waals surface area contributed by atoms with Crippen molar-refractivity contribution in [2.45, 2.75) is 38.6 Å². The maximum atomic E-state index is 13.3. The Morgan fingerprint density at radius 1 is 0.607 bits per heavy atom. The van der Waals surface area contributed by atoms with E-state index in [4.69, 9.17) is 39.9 Å². The number of carbonyl (C=O) groups is 3. The molecule has 3 amide bonds. The molecule has 0 aliphatic carbocycles. The number of fused-ring (bicyclic) bond motifs is 2. The summed E-state index contributed by atoms with van der Waals surface area (Å²) in [5.74, 6) is 6.58. The highest BCUT2D eigenvalue weighted by atomic mass is 16.6. The zero-order chi connectivity index (χ0) is 43.2. The van der Waals surface area contributed by atoms with Crippen LogP contribution in [-0.2, 0) is 49.3 Å². The summed E-state index contributed by atoms with van der Waals surface area (Å²) in [7, 11) is 0. The van der Waals surface area contributed by atoms with Crippen LogP contribution in [0.15, 0.2) is 83.3 Å². The summed E-state index contributed by atoms with van der Waals surface area (Å²) in [5, 5.41) is 13.4. The highest BCUT2D eigenvalue weighted by molar-refractivity contribution is 5.98. The maximum Gasteiger partial charge on any atom is 0.227 e. The summed E-state index contributed by atoms with van der Waals surface area (Å²) in [6.45, 7) is 5.88. The van der Waals surface area contributed by atoms with E-state index in [2.05, 4.69) is 37.7 Å². The van der Waals surface area contributed by atoms with Crippen molar-refractivity contribution in [3.8, 4) is 11.8 Å². The number of nitrogens with zero attached hydrogens (tertiary/aromatic N) is 4. The minimum absolute atomic E-state index is 0.0425. The molecule has 0 bridgehead atoms. The first-order valence-electron chi connectivity index (χ1n) is 20.5. The summed E-state index contributed by atoms with van der Waals surface area (Å²) in [5.41, 5.74) is 15.9. The first kappa shape index (κ1) is 47.9. The zero-order valence-electron chi connectivity index (χ0n) is 34.7. The number of hydrogen-bond donors (Lipinski definition) is 4. The van der Waals surface area contributed by atoms with Crippen molar-refractivity contribution in [3.05, 3.63) is 95.3 Å². The fraction of sp³-hybridized carbons (Fsp3) is 0.455. The van der Waals surface area contributed by atoms with Crippen LogP contribution in [-0.4, -0.2) is 127 Å². The molecule has 61 heavy (non-hydrogen) atoms. The van der Waals surface area contributed by atoms with E-state index < -0.39 is 0 Å². The lowest BCUT2D eigenvalue weighted by Crippen LogP contribution is -2.32. The van der Waals surface area contributed by atoms with E-state index in [1.54, 1.807) is 29.4 Å². The number of benzene rings is 2. The van der Waals surface area contributed by atoms with Gasteiger partial charge in [-0.3, -0.25) is 19.4 Å². The lowest BCUT2D eigenvalue weighted by molar-refractivity contribution is -0.123. The number of rotatable bonds is 30. The molecule has 0 unspecified atom stereocenters. The summed E-state index contributed by atoms with van der Waals surface area (Å²) in [6, 6.07) is 18.9.